The lowest BCUT2D eigenvalue weighted by molar-refractivity contribution is 0.206. The minimum atomic E-state index is -0.209. The van der Waals surface area contributed by atoms with E-state index in [1.54, 1.807) is 19.4 Å². The summed E-state index contributed by atoms with van der Waals surface area (Å²) in [5, 5.41) is 5.00. The first-order valence-corrected chi connectivity index (χ1v) is 11.4. The highest BCUT2D eigenvalue weighted by Gasteiger charge is 2.15. The molecule has 0 aliphatic heterocycles. The van der Waals surface area contributed by atoms with Crippen molar-refractivity contribution in [3.63, 3.8) is 0 Å². The number of fused-ring (bicyclic) bond motifs is 1. The molecule has 7 heteroatoms. The summed E-state index contributed by atoms with van der Waals surface area (Å²) in [6.45, 7) is 9.91. The number of aryl methyl sites for hydroxylation is 1. The number of halogens is 1. The summed E-state index contributed by atoms with van der Waals surface area (Å²) in [7, 11) is 1.61. The molecule has 0 unspecified atom stereocenters. The zero-order chi connectivity index (χ0) is 23.3. The lowest BCUT2D eigenvalue weighted by atomic mass is 10.1. The van der Waals surface area contributed by atoms with Crippen LogP contribution in [0.1, 0.15) is 44.1 Å². The predicted octanol–water partition coefficient (Wildman–Crippen LogP) is 5.52. The van der Waals surface area contributed by atoms with E-state index >= 15 is 0 Å². The third-order valence-electron chi connectivity index (χ3n) is 5.15. The minimum Gasteiger partial charge on any atom is -0.493 e. The van der Waals surface area contributed by atoms with Crippen molar-refractivity contribution in [2.45, 2.75) is 46.1 Å². The fourth-order valence-electron chi connectivity index (χ4n) is 3.30. The molecule has 168 valence electrons. The monoisotopic (exact) mass is 497 g/mol. The Balaban J connectivity index is 2.10. The van der Waals surface area contributed by atoms with Gasteiger partial charge in [-0.05, 0) is 55.7 Å². The average Bonchev–Trinajstić information content (AvgIpc) is 2.79. The van der Waals surface area contributed by atoms with E-state index in [2.05, 4.69) is 39.5 Å². The van der Waals surface area contributed by atoms with E-state index in [-0.39, 0.29) is 11.7 Å². The highest BCUT2D eigenvalue weighted by Crippen LogP contribution is 2.34. The molecule has 1 heterocycles. The van der Waals surface area contributed by atoms with Crippen molar-refractivity contribution in [3.05, 3.63) is 74.8 Å². The number of aromatic nitrogens is 2. The van der Waals surface area contributed by atoms with Crippen molar-refractivity contribution in [1.29, 1.82) is 0 Å². The summed E-state index contributed by atoms with van der Waals surface area (Å²) in [4.78, 5) is 17.7. The van der Waals surface area contributed by atoms with Gasteiger partial charge < -0.3 is 9.47 Å². The van der Waals surface area contributed by atoms with Crippen LogP contribution in [0.25, 0.3) is 10.9 Å². The highest BCUT2D eigenvalue weighted by molar-refractivity contribution is 9.10. The molecule has 0 radical (unpaired) electrons. The van der Waals surface area contributed by atoms with Gasteiger partial charge in [-0.1, -0.05) is 35.9 Å². The number of allylic oxidation sites excluding steroid dienone is 1. The Morgan fingerprint density at radius 1 is 1.28 bits per heavy atom. The number of benzene rings is 2. The van der Waals surface area contributed by atoms with Gasteiger partial charge in [-0.3, -0.25) is 4.79 Å². The fourth-order valence-corrected chi connectivity index (χ4v) is 3.66. The molecular formula is C25H28BrN3O3. The maximum Gasteiger partial charge on any atom is 0.282 e. The number of methoxy groups -OCH3 is 1. The Morgan fingerprint density at radius 3 is 2.72 bits per heavy atom. The molecule has 0 fully saturated rings. The van der Waals surface area contributed by atoms with Gasteiger partial charge >= 0.3 is 0 Å². The molecule has 1 aromatic heterocycles. The smallest absolute Gasteiger partial charge is 0.282 e. The summed E-state index contributed by atoms with van der Waals surface area (Å²) in [5.41, 5.74) is 2.19. The van der Waals surface area contributed by atoms with E-state index < -0.39 is 0 Å². The van der Waals surface area contributed by atoms with Crippen LogP contribution in [-0.2, 0) is 12.8 Å². The predicted molar refractivity (Wildman–Crippen MR) is 133 cm³/mol. The van der Waals surface area contributed by atoms with E-state index in [4.69, 9.17) is 9.47 Å². The molecule has 0 amide bonds. The van der Waals surface area contributed by atoms with Gasteiger partial charge in [0.1, 0.15) is 5.82 Å². The van der Waals surface area contributed by atoms with Crippen LogP contribution in [0.5, 0.6) is 11.5 Å². The van der Waals surface area contributed by atoms with Crippen molar-refractivity contribution in [2.75, 3.05) is 7.11 Å². The molecule has 0 aliphatic rings. The first-order valence-electron chi connectivity index (χ1n) is 10.7. The van der Waals surface area contributed by atoms with Crippen LogP contribution in [0.15, 0.2) is 57.4 Å². The van der Waals surface area contributed by atoms with Crippen LogP contribution in [0, 0.1) is 0 Å². The lowest BCUT2D eigenvalue weighted by Crippen LogP contribution is -2.22. The Labute approximate surface area is 196 Å². The van der Waals surface area contributed by atoms with Gasteiger partial charge in [-0.15, -0.1) is 6.58 Å². The molecule has 0 spiro atoms. The molecule has 6 nitrogen and oxygen atoms in total. The second kappa shape index (κ2) is 10.6. The van der Waals surface area contributed by atoms with E-state index in [1.807, 2.05) is 44.2 Å². The Hall–Kier alpha value is -2.93. The number of rotatable bonds is 9. The van der Waals surface area contributed by atoms with Gasteiger partial charge in [-0.2, -0.15) is 9.78 Å². The maximum atomic E-state index is 13.1. The van der Waals surface area contributed by atoms with Crippen LogP contribution in [0.3, 0.4) is 0 Å². The van der Waals surface area contributed by atoms with Crippen molar-refractivity contribution < 1.29 is 9.47 Å². The minimum absolute atomic E-state index is 0.0562. The molecule has 1 atom stereocenters. The standard InChI is InChI=1S/C25H28BrN3O3/c1-6-9-18-12-17(13-22(31-5)24(18)32-16(4)7-2)15-27-29-23(8-3)28-21-11-10-19(26)14-20(21)25(29)30/h6,10-16H,1,7-9H2,2-5H3/t16-/m1/s1. The van der Waals surface area contributed by atoms with Gasteiger partial charge in [0, 0.05) is 16.5 Å². The summed E-state index contributed by atoms with van der Waals surface area (Å²) in [5.74, 6) is 1.92. The van der Waals surface area contributed by atoms with E-state index in [1.165, 1.54) is 4.68 Å². The lowest BCUT2D eigenvalue weighted by Gasteiger charge is -2.19. The summed E-state index contributed by atoms with van der Waals surface area (Å²) >= 11 is 3.42. The first-order chi connectivity index (χ1) is 15.4. The molecule has 0 saturated heterocycles. The van der Waals surface area contributed by atoms with E-state index in [0.29, 0.717) is 41.1 Å². The van der Waals surface area contributed by atoms with Crippen LogP contribution in [0.4, 0.5) is 0 Å². The molecule has 32 heavy (non-hydrogen) atoms. The maximum absolute atomic E-state index is 13.1. The van der Waals surface area contributed by atoms with Gasteiger partial charge in [0.15, 0.2) is 11.5 Å². The molecule has 3 aromatic rings. The van der Waals surface area contributed by atoms with E-state index in [9.17, 15) is 4.79 Å². The number of hydrogen-bond acceptors (Lipinski definition) is 5. The molecule has 3 rings (SSSR count). The second-order valence-electron chi connectivity index (χ2n) is 7.45. The SMILES string of the molecule is C=CCc1cc(C=Nn2c(CC)nc3ccc(Br)cc3c2=O)cc(OC)c1O[C@H](C)CC. The molecule has 0 aliphatic carbocycles. The fraction of sp³-hybridized carbons (Fsp3) is 0.320. The summed E-state index contributed by atoms with van der Waals surface area (Å²) < 4.78 is 13.9. The Kier molecular flexibility index (Phi) is 7.85. The Bertz CT molecular complexity index is 1220. The third-order valence-corrected chi connectivity index (χ3v) is 5.64. The van der Waals surface area contributed by atoms with Gasteiger partial charge in [-0.25, -0.2) is 4.98 Å². The molecular weight excluding hydrogens is 470 g/mol. The van der Waals surface area contributed by atoms with Gasteiger partial charge in [0.2, 0.25) is 0 Å². The van der Waals surface area contributed by atoms with Crippen LogP contribution in [0.2, 0.25) is 0 Å². The van der Waals surface area contributed by atoms with Crippen LogP contribution < -0.4 is 15.0 Å². The highest BCUT2D eigenvalue weighted by atomic mass is 79.9. The molecule has 2 aromatic carbocycles. The Morgan fingerprint density at radius 2 is 2.06 bits per heavy atom. The molecule has 0 N–H and O–H groups in total. The van der Waals surface area contributed by atoms with Gasteiger partial charge in [0.25, 0.3) is 5.56 Å². The molecule has 0 bridgehead atoms. The number of ether oxygens (including phenoxy) is 2. The summed E-state index contributed by atoms with van der Waals surface area (Å²) in [6, 6.07) is 9.31. The topological polar surface area (TPSA) is 65.7 Å². The van der Waals surface area contributed by atoms with Crippen molar-refractivity contribution in [1.82, 2.24) is 9.66 Å². The average molecular weight is 498 g/mol. The number of hydrogen-bond donors (Lipinski definition) is 0. The zero-order valence-electron chi connectivity index (χ0n) is 18.9. The first kappa shape index (κ1) is 23.7. The van der Waals surface area contributed by atoms with E-state index in [0.717, 1.165) is 22.0 Å². The van der Waals surface area contributed by atoms with Gasteiger partial charge in [0.05, 0.1) is 30.3 Å². The quantitative estimate of drug-likeness (QED) is 0.288. The largest absolute Gasteiger partial charge is 0.493 e. The van der Waals surface area contributed by atoms with Crippen molar-refractivity contribution in [3.8, 4) is 11.5 Å². The summed E-state index contributed by atoms with van der Waals surface area (Å²) in [6.07, 6.45) is 5.60. The van der Waals surface area contributed by atoms with Crippen molar-refractivity contribution in [2.24, 2.45) is 5.10 Å². The third kappa shape index (κ3) is 5.10. The van der Waals surface area contributed by atoms with Crippen LogP contribution >= 0.6 is 15.9 Å². The molecule has 0 saturated carbocycles. The normalized spacial score (nSPS) is 12.3. The second-order valence-corrected chi connectivity index (χ2v) is 8.36. The zero-order valence-corrected chi connectivity index (χ0v) is 20.5. The van der Waals surface area contributed by atoms with Crippen molar-refractivity contribution >= 4 is 33.0 Å². The number of nitrogens with zero attached hydrogens (tertiary/aromatic N) is 3. The van der Waals surface area contributed by atoms with Crippen LogP contribution in [-0.4, -0.2) is 29.1 Å².